The number of hydrazone groups is 1. The smallest absolute Gasteiger partial charge is 0.250 e. The highest BCUT2D eigenvalue weighted by molar-refractivity contribution is 14.1. The van der Waals surface area contributed by atoms with E-state index in [1.54, 1.807) is 18.2 Å². The van der Waals surface area contributed by atoms with Gasteiger partial charge in [0.2, 0.25) is 0 Å². The van der Waals surface area contributed by atoms with Crippen molar-refractivity contribution in [2.24, 2.45) is 5.10 Å². The van der Waals surface area contributed by atoms with Gasteiger partial charge in [-0.1, -0.05) is 41.6 Å². The molecule has 0 saturated heterocycles. The Balaban J connectivity index is 1.50. The Morgan fingerprint density at radius 3 is 2.59 bits per heavy atom. The van der Waals surface area contributed by atoms with Crippen LogP contribution in [-0.4, -0.2) is 37.7 Å². The van der Waals surface area contributed by atoms with Crippen molar-refractivity contribution in [3.8, 4) is 22.8 Å². The summed E-state index contributed by atoms with van der Waals surface area (Å²) in [7, 11) is 0. The van der Waals surface area contributed by atoms with Gasteiger partial charge in [0.05, 0.1) is 15.5 Å². The summed E-state index contributed by atoms with van der Waals surface area (Å²) in [6, 6.07) is 20.7. The Hall–Kier alpha value is -2.16. The van der Waals surface area contributed by atoms with Crippen molar-refractivity contribution in [2.45, 2.75) is 5.16 Å². The van der Waals surface area contributed by atoms with Crippen molar-refractivity contribution in [3.63, 3.8) is 0 Å². The predicted molar refractivity (Wildman–Crippen MR) is 152 cm³/mol. The number of hydrogen-bond acceptors (Lipinski definition) is 6. The van der Waals surface area contributed by atoms with Crippen LogP contribution in [0.3, 0.4) is 0 Å². The average molecular weight is 716 g/mol. The van der Waals surface area contributed by atoms with Gasteiger partial charge < -0.3 is 5.11 Å². The molecule has 1 amide bonds. The second kappa shape index (κ2) is 11.5. The first-order chi connectivity index (χ1) is 16.4. The molecule has 0 bridgehead atoms. The van der Waals surface area contributed by atoms with Gasteiger partial charge in [0, 0.05) is 25.4 Å². The van der Waals surface area contributed by atoms with E-state index in [4.69, 9.17) is 11.6 Å². The number of aromatic nitrogens is 3. The van der Waals surface area contributed by atoms with Crippen molar-refractivity contribution in [1.82, 2.24) is 20.2 Å². The van der Waals surface area contributed by atoms with Crippen LogP contribution in [0.4, 0.5) is 0 Å². The summed E-state index contributed by atoms with van der Waals surface area (Å²) in [5, 5.41) is 24.0. The normalized spacial score (nSPS) is 11.1. The number of halogens is 3. The minimum atomic E-state index is -0.309. The van der Waals surface area contributed by atoms with E-state index < -0.39 is 0 Å². The zero-order valence-corrected chi connectivity index (χ0v) is 23.2. The van der Waals surface area contributed by atoms with E-state index in [2.05, 4.69) is 43.3 Å². The molecule has 0 aliphatic rings. The van der Waals surface area contributed by atoms with E-state index >= 15 is 0 Å². The number of carbonyl (C=O) groups excluding carboxylic acids is 1. The molecule has 34 heavy (non-hydrogen) atoms. The summed E-state index contributed by atoms with van der Waals surface area (Å²) in [4.78, 5) is 12.4. The molecule has 4 aromatic rings. The summed E-state index contributed by atoms with van der Waals surface area (Å²) < 4.78 is 3.57. The van der Waals surface area contributed by atoms with Gasteiger partial charge in [-0.15, -0.1) is 10.2 Å². The SMILES string of the molecule is O=C(CSc1nnc(-c2ccc(Cl)cc2)n1-c1ccccc1)NN=Cc1cc(I)cc(I)c1O. The fraction of sp³-hybridized carbons (Fsp3) is 0.0435. The van der Waals surface area contributed by atoms with Crippen LogP contribution >= 0.6 is 68.5 Å². The maximum Gasteiger partial charge on any atom is 0.250 e. The van der Waals surface area contributed by atoms with Crippen molar-refractivity contribution < 1.29 is 9.90 Å². The lowest BCUT2D eigenvalue weighted by molar-refractivity contribution is -0.118. The Kier molecular flexibility index (Phi) is 8.45. The molecule has 4 rings (SSSR count). The molecule has 0 spiro atoms. The lowest BCUT2D eigenvalue weighted by atomic mass is 10.2. The molecule has 0 atom stereocenters. The molecule has 0 radical (unpaired) electrons. The van der Waals surface area contributed by atoms with E-state index in [9.17, 15) is 9.90 Å². The third kappa shape index (κ3) is 6.09. The molecule has 3 aromatic carbocycles. The maximum atomic E-state index is 12.4. The van der Waals surface area contributed by atoms with Crippen molar-refractivity contribution in [3.05, 3.63) is 84.5 Å². The van der Waals surface area contributed by atoms with Gasteiger partial charge >= 0.3 is 0 Å². The van der Waals surface area contributed by atoms with E-state index in [0.717, 1.165) is 14.8 Å². The van der Waals surface area contributed by atoms with Crippen LogP contribution in [0.25, 0.3) is 17.1 Å². The van der Waals surface area contributed by atoms with Crippen molar-refractivity contribution >= 4 is 80.7 Å². The quantitative estimate of drug-likeness (QED) is 0.110. The molecule has 0 fully saturated rings. The molecule has 0 aliphatic heterocycles. The first-order valence-electron chi connectivity index (χ1n) is 9.82. The molecule has 1 aromatic heterocycles. The van der Waals surface area contributed by atoms with Crippen LogP contribution in [0.5, 0.6) is 5.75 Å². The number of carbonyl (C=O) groups is 1. The number of phenolic OH excluding ortho intramolecular Hbond substituents is 1. The van der Waals surface area contributed by atoms with Crippen LogP contribution in [0.15, 0.2) is 77.0 Å². The topological polar surface area (TPSA) is 92.4 Å². The maximum absolute atomic E-state index is 12.4. The average Bonchev–Trinajstić information content (AvgIpc) is 3.25. The standard InChI is InChI=1S/C23H16ClI2N5O2S/c24-16-8-6-14(7-9-16)22-29-30-23(31(22)18-4-2-1-3-5-18)34-13-20(32)28-27-12-15-10-17(25)11-19(26)21(15)33/h1-12,33H,13H2,(H,28,32). The first kappa shape index (κ1) is 24.9. The van der Waals surface area contributed by atoms with E-state index in [-0.39, 0.29) is 17.4 Å². The molecule has 1 heterocycles. The Morgan fingerprint density at radius 1 is 1.12 bits per heavy atom. The lowest BCUT2D eigenvalue weighted by Gasteiger charge is -2.10. The van der Waals surface area contributed by atoms with Crippen molar-refractivity contribution in [1.29, 1.82) is 0 Å². The minimum absolute atomic E-state index is 0.0821. The van der Waals surface area contributed by atoms with E-state index in [1.807, 2.05) is 75.7 Å². The fourth-order valence-corrected chi connectivity index (χ4v) is 5.74. The second-order valence-corrected chi connectivity index (χ2v) is 10.7. The van der Waals surface area contributed by atoms with Crippen LogP contribution in [-0.2, 0) is 4.79 Å². The number of nitrogens with one attached hydrogen (secondary N) is 1. The Bertz CT molecular complexity index is 1350. The summed E-state index contributed by atoms with van der Waals surface area (Å²) >= 11 is 11.5. The second-order valence-electron chi connectivity index (χ2n) is 6.89. The monoisotopic (exact) mass is 715 g/mol. The molecular weight excluding hydrogens is 700 g/mol. The number of hydrogen-bond donors (Lipinski definition) is 2. The van der Waals surface area contributed by atoms with Crippen LogP contribution in [0, 0.1) is 7.14 Å². The molecule has 0 unspecified atom stereocenters. The van der Waals surface area contributed by atoms with Gasteiger partial charge in [-0.3, -0.25) is 9.36 Å². The molecule has 11 heteroatoms. The molecule has 0 aliphatic carbocycles. The summed E-state index contributed by atoms with van der Waals surface area (Å²) in [5.41, 5.74) is 4.75. The van der Waals surface area contributed by atoms with Gasteiger partial charge in [-0.25, -0.2) is 5.43 Å². The lowest BCUT2D eigenvalue weighted by Crippen LogP contribution is -2.20. The van der Waals surface area contributed by atoms with E-state index in [1.165, 1.54) is 18.0 Å². The van der Waals surface area contributed by atoms with Crippen LogP contribution in [0.1, 0.15) is 5.56 Å². The Labute approximate surface area is 232 Å². The number of nitrogens with zero attached hydrogens (tertiary/aromatic N) is 4. The Morgan fingerprint density at radius 2 is 1.85 bits per heavy atom. The van der Waals surface area contributed by atoms with Gasteiger partial charge in [-0.2, -0.15) is 5.10 Å². The van der Waals surface area contributed by atoms with Gasteiger partial charge in [0.25, 0.3) is 5.91 Å². The third-order valence-electron chi connectivity index (χ3n) is 4.53. The third-order valence-corrected chi connectivity index (χ3v) is 7.16. The van der Waals surface area contributed by atoms with E-state index in [0.29, 0.717) is 25.1 Å². The number of aromatic hydroxyl groups is 1. The van der Waals surface area contributed by atoms with Gasteiger partial charge in [-0.05, 0) is 93.7 Å². The number of amides is 1. The van der Waals surface area contributed by atoms with Crippen LogP contribution < -0.4 is 5.43 Å². The van der Waals surface area contributed by atoms with Gasteiger partial charge in [0.15, 0.2) is 11.0 Å². The largest absolute Gasteiger partial charge is 0.506 e. The number of phenols is 1. The number of rotatable bonds is 7. The highest BCUT2D eigenvalue weighted by atomic mass is 127. The molecule has 0 saturated carbocycles. The first-order valence-corrected chi connectivity index (χ1v) is 13.3. The molecule has 7 nitrogen and oxygen atoms in total. The summed E-state index contributed by atoms with van der Waals surface area (Å²) in [6.45, 7) is 0. The zero-order chi connectivity index (χ0) is 24.1. The summed E-state index contributed by atoms with van der Waals surface area (Å²) in [6.07, 6.45) is 1.42. The zero-order valence-electron chi connectivity index (χ0n) is 17.3. The molecular formula is C23H16ClI2N5O2S. The van der Waals surface area contributed by atoms with Gasteiger partial charge in [0.1, 0.15) is 5.75 Å². The minimum Gasteiger partial charge on any atom is -0.506 e. The molecule has 172 valence electrons. The molecule has 2 N–H and O–H groups in total. The predicted octanol–water partition coefficient (Wildman–Crippen LogP) is 5.74. The number of para-hydroxylation sites is 1. The van der Waals surface area contributed by atoms with Crippen LogP contribution in [0.2, 0.25) is 5.02 Å². The highest BCUT2D eigenvalue weighted by Gasteiger charge is 2.17. The number of thioether (sulfide) groups is 1. The number of benzene rings is 3. The van der Waals surface area contributed by atoms with Crippen molar-refractivity contribution in [2.75, 3.05) is 5.75 Å². The highest BCUT2D eigenvalue weighted by Crippen LogP contribution is 2.29. The summed E-state index contributed by atoms with van der Waals surface area (Å²) in [5.74, 6) is 0.544. The fourth-order valence-electron chi connectivity index (χ4n) is 2.98.